The average Bonchev–Trinajstić information content (AvgIpc) is 2.71. The molecular weight excluding hydrogens is 216 g/mol. The van der Waals surface area contributed by atoms with E-state index in [1.54, 1.807) is 12.1 Å². The van der Waals surface area contributed by atoms with E-state index in [2.05, 4.69) is 5.32 Å². The highest BCUT2D eigenvalue weighted by molar-refractivity contribution is 6.31. The molecule has 5 heteroatoms. The van der Waals surface area contributed by atoms with E-state index in [4.69, 9.17) is 11.6 Å². The third kappa shape index (κ3) is 2.11. The first-order valence-electron chi connectivity index (χ1n) is 4.85. The first kappa shape index (κ1) is 10.4. The molecule has 1 aliphatic rings. The highest BCUT2D eigenvalue weighted by Gasteiger charge is 2.21. The van der Waals surface area contributed by atoms with E-state index >= 15 is 0 Å². The van der Waals surface area contributed by atoms with Gasteiger partial charge in [-0.3, -0.25) is 10.1 Å². The maximum atomic E-state index is 10.6. The molecule has 1 aliphatic heterocycles. The van der Waals surface area contributed by atoms with E-state index in [1.165, 1.54) is 6.07 Å². The third-order valence-corrected chi connectivity index (χ3v) is 2.97. The van der Waals surface area contributed by atoms with Gasteiger partial charge in [0.25, 0.3) is 5.69 Å². The van der Waals surface area contributed by atoms with E-state index < -0.39 is 4.92 Å². The summed E-state index contributed by atoms with van der Waals surface area (Å²) in [6, 6.07) is 4.75. The zero-order chi connectivity index (χ0) is 10.8. The smallest absolute Gasteiger partial charge is 0.269 e. The van der Waals surface area contributed by atoms with Crippen molar-refractivity contribution in [3.8, 4) is 0 Å². The van der Waals surface area contributed by atoms with Crippen LogP contribution in [0.5, 0.6) is 0 Å². The molecule has 1 fully saturated rings. The van der Waals surface area contributed by atoms with Crippen LogP contribution in [0.25, 0.3) is 0 Å². The maximum Gasteiger partial charge on any atom is 0.269 e. The van der Waals surface area contributed by atoms with Gasteiger partial charge in [0.05, 0.1) is 4.92 Å². The minimum Gasteiger partial charge on any atom is -0.310 e. The van der Waals surface area contributed by atoms with Crippen molar-refractivity contribution >= 4 is 17.3 Å². The number of nitro groups is 1. The topological polar surface area (TPSA) is 55.2 Å². The minimum absolute atomic E-state index is 0.100. The first-order chi connectivity index (χ1) is 7.18. The number of benzene rings is 1. The molecule has 80 valence electrons. The Morgan fingerprint density at radius 1 is 1.53 bits per heavy atom. The van der Waals surface area contributed by atoms with Gasteiger partial charge < -0.3 is 5.32 Å². The zero-order valence-corrected chi connectivity index (χ0v) is 8.83. The van der Waals surface area contributed by atoms with Crippen molar-refractivity contribution in [1.29, 1.82) is 0 Å². The summed E-state index contributed by atoms with van der Waals surface area (Å²) < 4.78 is 0. The van der Waals surface area contributed by atoms with Crippen LogP contribution < -0.4 is 5.32 Å². The summed E-state index contributed by atoms with van der Waals surface area (Å²) in [5.74, 6) is 0. The number of non-ortho nitro benzene ring substituents is 1. The van der Waals surface area contributed by atoms with Crippen molar-refractivity contribution in [1.82, 2.24) is 5.32 Å². The molecule has 1 N–H and O–H groups in total. The van der Waals surface area contributed by atoms with Crippen molar-refractivity contribution in [3.05, 3.63) is 38.9 Å². The molecular formula is C10H11ClN2O2. The van der Waals surface area contributed by atoms with Gasteiger partial charge >= 0.3 is 0 Å². The van der Waals surface area contributed by atoms with Gasteiger partial charge in [0.15, 0.2) is 0 Å². The number of rotatable bonds is 2. The van der Waals surface area contributed by atoms with Gasteiger partial charge in [-0.1, -0.05) is 11.6 Å². The second kappa shape index (κ2) is 4.16. The fraction of sp³-hybridized carbons (Fsp3) is 0.400. The van der Waals surface area contributed by atoms with Gasteiger partial charge in [-0.05, 0) is 31.0 Å². The summed E-state index contributed by atoms with van der Waals surface area (Å²) in [4.78, 5) is 10.2. The molecule has 0 bridgehead atoms. The number of hydrogen-bond donors (Lipinski definition) is 1. The normalized spacial score (nSPS) is 20.5. The standard InChI is InChI=1S/C10H11ClN2O2/c11-9-4-3-7(13(14)15)6-8(9)10-2-1-5-12-10/h3-4,6,10,12H,1-2,5H2/t10-/m0/s1. The highest BCUT2D eigenvalue weighted by Crippen LogP contribution is 2.31. The van der Waals surface area contributed by atoms with Crippen molar-refractivity contribution in [2.24, 2.45) is 0 Å². The molecule has 1 saturated heterocycles. The second-order valence-corrected chi connectivity index (χ2v) is 4.02. The Morgan fingerprint density at radius 3 is 2.93 bits per heavy atom. The Hall–Kier alpha value is -1.13. The molecule has 0 saturated carbocycles. The maximum absolute atomic E-state index is 10.6. The average molecular weight is 227 g/mol. The molecule has 0 spiro atoms. The van der Waals surface area contributed by atoms with Gasteiger partial charge in [-0.25, -0.2) is 0 Å². The van der Waals surface area contributed by atoms with Crippen LogP contribution in [0.4, 0.5) is 5.69 Å². The van der Waals surface area contributed by atoms with E-state index in [-0.39, 0.29) is 11.7 Å². The first-order valence-corrected chi connectivity index (χ1v) is 5.23. The summed E-state index contributed by atoms with van der Waals surface area (Å²) in [5, 5.41) is 14.5. The van der Waals surface area contributed by atoms with Crippen molar-refractivity contribution < 1.29 is 4.92 Å². The molecule has 4 nitrogen and oxygen atoms in total. The SMILES string of the molecule is O=[N+]([O-])c1ccc(Cl)c([C@@H]2CCCN2)c1. The van der Waals surface area contributed by atoms with Crippen LogP contribution in [-0.4, -0.2) is 11.5 Å². The number of nitrogens with one attached hydrogen (secondary N) is 1. The fourth-order valence-electron chi connectivity index (χ4n) is 1.86. The minimum atomic E-state index is -0.394. The van der Waals surface area contributed by atoms with Gasteiger partial charge in [0.2, 0.25) is 0 Å². The van der Waals surface area contributed by atoms with Crippen molar-refractivity contribution in [2.45, 2.75) is 18.9 Å². The Kier molecular flexibility index (Phi) is 2.88. The molecule has 15 heavy (non-hydrogen) atoms. The number of hydrogen-bond acceptors (Lipinski definition) is 3. The lowest BCUT2D eigenvalue weighted by molar-refractivity contribution is -0.384. The van der Waals surface area contributed by atoms with Crippen LogP contribution in [0.15, 0.2) is 18.2 Å². The Bertz CT molecular complexity index is 389. The van der Waals surface area contributed by atoms with E-state index in [0.29, 0.717) is 5.02 Å². The molecule has 0 aliphatic carbocycles. The van der Waals surface area contributed by atoms with Gasteiger partial charge in [0.1, 0.15) is 0 Å². The summed E-state index contributed by atoms with van der Waals surface area (Å²) in [6.45, 7) is 0.948. The molecule has 1 aromatic carbocycles. The van der Waals surface area contributed by atoms with Gasteiger partial charge in [0, 0.05) is 23.2 Å². The number of nitrogens with zero attached hydrogens (tertiary/aromatic N) is 1. The van der Waals surface area contributed by atoms with E-state index in [9.17, 15) is 10.1 Å². The fourth-order valence-corrected chi connectivity index (χ4v) is 2.11. The Labute approximate surface area is 92.4 Å². The third-order valence-electron chi connectivity index (χ3n) is 2.63. The Balaban J connectivity index is 2.35. The van der Waals surface area contributed by atoms with Crippen molar-refractivity contribution in [3.63, 3.8) is 0 Å². The van der Waals surface area contributed by atoms with Gasteiger partial charge in [-0.15, -0.1) is 0 Å². The van der Waals surface area contributed by atoms with Crippen LogP contribution in [0.3, 0.4) is 0 Å². The predicted octanol–water partition coefficient (Wildman–Crippen LogP) is 2.67. The molecule has 1 atom stereocenters. The number of nitro benzene ring substituents is 1. The van der Waals surface area contributed by atoms with Gasteiger partial charge in [-0.2, -0.15) is 0 Å². The summed E-state index contributed by atoms with van der Waals surface area (Å²) >= 11 is 6.02. The lowest BCUT2D eigenvalue weighted by Gasteiger charge is -2.11. The molecule has 0 radical (unpaired) electrons. The molecule has 2 rings (SSSR count). The van der Waals surface area contributed by atoms with E-state index in [1.807, 2.05) is 0 Å². The summed E-state index contributed by atoms with van der Waals surface area (Å²) in [7, 11) is 0. The molecule has 1 heterocycles. The highest BCUT2D eigenvalue weighted by atomic mass is 35.5. The largest absolute Gasteiger partial charge is 0.310 e. The summed E-state index contributed by atoms with van der Waals surface area (Å²) in [6.07, 6.45) is 2.07. The lowest BCUT2D eigenvalue weighted by Crippen LogP contribution is -2.13. The van der Waals surface area contributed by atoms with Crippen LogP contribution in [-0.2, 0) is 0 Å². The second-order valence-electron chi connectivity index (χ2n) is 3.61. The van der Waals surface area contributed by atoms with Crippen LogP contribution in [0.2, 0.25) is 5.02 Å². The predicted molar refractivity (Wildman–Crippen MR) is 58.1 cm³/mol. The Morgan fingerprint density at radius 2 is 2.33 bits per heavy atom. The van der Waals surface area contributed by atoms with Crippen LogP contribution >= 0.6 is 11.6 Å². The molecule has 0 amide bonds. The monoisotopic (exact) mass is 226 g/mol. The number of halogens is 1. The van der Waals surface area contributed by atoms with Crippen LogP contribution in [0, 0.1) is 10.1 Å². The summed E-state index contributed by atoms with van der Waals surface area (Å²) in [5.41, 5.74) is 0.937. The molecule has 0 unspecified atom stereocenters. The molecule has 1 aromatic rings. The lowest BCUT2D eigenvalue weighted by atomic mass is 10.0. The molecule has 0 aromatic heterocycles. The van der Waals surface area contributed by atoms with E-state index in [0.717, 1.165) is 24.9 Å². The van der Waals surface area contributed by atoms with Crippen LogP contribution in [0.1, 0.15) is 24.4 Å². The van der Waals surface area contributed by atoms with Crippen molar-refractivity contribution in [2.75, 3.05) is 6.54 Å². The zero-order valence-electron chi connectivity index (χ0n) is 8.07. The quantitative estimate of drug-likeness (QED) is 0.623.